The van der Waals surface area contributed by atoms with E-state index in [0.717, 1.165) is 30.3 Å². The highest BCUT2D eigenvalue weighted by atomic mass is 35.5. The van der Waals surface area contributed by atoms with Crippen molar-refractivity contribution in [3.05, 3.63) is 16.5 Å². The smallest absolute Gasteiger partial charge is 0.137 e. The van der Waals surface area contributed by atoms with Gasteiger partial charge in [-0.1, -0.05) is 11.6 Å². The Kier molecular flexibility index (Phi) is 3.54. The summed E-state index contributed by atoms with van der Waals surface area (Å²) in [6.07, 6.45) is 6.32. The van der Waals surface area contributed by atoms with Gasteiger partial charge in [-0.05, 0) is 45.6 Å². The minimum Gasteiger partial charge on any atom is -0.355 e. The van der Waals surface area contributed by atoms with Crippen molar-refractivity contribution in [2.45, 2.75) is 51.0 Å². The van der Waals surface area contributed by atoms with Gasteiger partial charge in [0.1, 0.15) is 16.8 Å². The Morgan fingerprint density at radius 3 is 2.67 bits per heavy atom. The van der Waals surface area contributed by atoms with Gasteiger partial charge in [0.2, 0.25) is 0 Å². The van der Waals surface area contributed by atoms with Gasteiger partial charge in [-0.25, -0.2) is 9.97 Å². The van der Waals surface area contributed by atoms with Gasteiger partial charge >= 0.3 is 0 Å². The minimum absolute atomic E-state index is 0.553. The second-order valence-electron chi connectivity index (χ2n) is 6.73. The molecule has 4 rings (SSSR count). The van der Waals surface area contributed by atoms with Crippen molar-refractivity contribution < 1.29 is 0 Å². The van der Waals surface area contributed by atoms with E-state index in [9.17, 15) is 0 Å². The molecule has 5 heteroatoms. The van der Waals surface area contributed by atoms with Crippen LogP contribution in [0, 0.1) is 6.92 Å². The van der Waals surface area contributed by atoms with E-state index in [2.05, 4.69) is 21.7 Å². The normalized spacial score (nSPS) is 26.8. The highest BCUT2D eigenvalue weighted by Gasteiger charge is 2.32. The van der Waals surface area contributed by atoms with Crippen LogP contribution in [0.3, 0.4) is 0 Å². The molecule has 1 saturated carbocycles. The van der Waals surface area contributed by atoms with Gasteiger partial charge in [0.05, 0.1) is 0 Å². The Morgan fingerprint density at radius 1 is 1.05 bits per heavy atom. The molecule has 0 radical (unpaired) electrons. The van der Waals surface area contributed by atoms with Gasteiger partial charge in [0.15, 0.2) is 0 Å². The summed E-state index contributed by atoms with van der Waals surface area (Å²) in [6, 6.07) is 0.699. The average molecular weight is 307 g/mol. The molecule has 3 heterocycles. The maximum Gasteiger partial charge on any atom is 0.137 e. The summed E-state index contributed by atoms with van der Waals surface area (Å²) < 4.78 is 0. The maximum absolute atomic E-state index is 6.37. The Bertz CT molecular complexity index is 543. The van der Waals surface area contributed by atoms with E-state index < -0.39 is 0 Å². The first-order chi connectivity index (χ1) is 10.2. The molecule has 2 saturated heterocycles. The van der Waals surface area contributed by atoms with Gasteiger partial charge in [0.25, 0.3) is 0 Å². The predicted octanol–water partition coefficient (Wildman–Crippen LogP) is 2.99. The second kappa shape index (κ2) is 5.40. The summed E-state index contributed by atoms with van der Waals surface area (Å²) in [6.45, 7) is 6.75. The van der Waals surface area contributed by atoms with Crippen LogP contribution in [0.1, 0.15) is 49.4 Å². The molecule has 0 spiro atoms. The van der Waals surface area contributed by atoms with Crippen LogP contribution in [0.4, 0.5) is 5.82 Å². The Morgan fingerprint density at radius 2 is 1.86 bits per heavy atom. The Hall–Kier alpha value is -0.870. The monoisotopic (exact) mass is 306 g/mol. The number of hydrogen-bond acceptors (Lipinski definition) is 4. The molecule has 1 aromatic heterocycles. The van der Waals surface area contributed by atoms with Crippen molar-refractivity contribution in [1.82, 2.24) is 14.9 Å². The number of hydrogen-bond donors (Lipinski definition) is 0. The van der Waals surface area contributed by atoms with E-state index in [-0.39, 0.29) is 0 Å². The standard InChI is InChI=1S/C16H23ClN4/c1-11-14(17)18-15(12-5-6-12)19-16(11)21-9-3-8-20-7-2-4-13(20)10-21/h12-13H,2-10H2,1H3. The predicted molar refractivity (Wildman–Crippen MR) is 85.2 cm³/mol. The van der Waals surface area contributed by atoms with E-state index in [0.29, 0.717) is 17.1 Å². The Balaban J connectivity index is 1.64. The van der Waals surface area contributed by atoms with Gasteiger partial charge in [-0.3, -0.25) is 4.90 Å². The van der Waals surface area contributed by atoms with Crippen LogP contribution in [0.15, 0.2) is 0 Å². The first-order valence-electron chi connectivity index (χ1n) is 8.25. The summed E-state index contributed by atoms with van der Waals surface area (Å²) in [5.41, 5.74) is 1.05. The fraction of sp³-hybridized carbons (Fsp3) is 0.750. The molecule has 0 aromatic carbocycles. The van der Waals surface area contributed by atoms with Gasteiger partial charge in [-0.15, -0.1) is 0 Å². The molecule has 2 aliphatic heterocycles. The van der Waals surface area contributed by atoms with Crippen molar-refractivity contribution in [1.29, 1.82) is 0 Å². The lowest BCUT2D eigenvalue weighted by Crippen LogP contribution is -2.37. The zero-order chi connectivity index (χ0) is 14.4. The number of anilines is 1. The fourth-order valence-electron chi connectivity index (χ4n) is 3.73. The third-order valence-corrected chi connectivity index (χ3v) is 5.49. The molecule has 1 atom stereocenters. The molecular weight excluding hydrogens is 284 g/mol. The van der Waals surface area contributed by atoms with Gasteiger partial charge < -0.3 is 4.90 Å². The first kappa shape index (κ1) is 13.8. The van der Waals surface area contributed by atoms with Crippen molar-refractivity contribution in [3.63, 3.8) is 0 Å². The molecule has 0 amide bonds. The SMILES string of the molecule is Cc1c(Cl)nc(C2CC2)nc1N1CCCN2CCCC2C1. The van der Waals surface area contributed by atoms with Gasteiger partial charge in [-0.2, -0.15) is 0 Å². The van der Waals surface area contributed by atoms with Crippen LogP contribution in [0.25, 0.3) is 0 Å². The van der Waals surface area contributed by atoms with E-state index in [1.807, 2.05) is 0 Å². The lowest BCUT2D eigenvalue weighted by Gasteiger charge is -2.28. The zero-order valence-corrected chi connectivity index (χ0v) is 13.4. The van der Waals surface area contributed by atoms with E-state index in [1.165, 1.54) is 45.2 Å². The van der Waals surface area contributed by atoms with Crippen LogP contribution in [0.2, 0.25) is 5.15 Å². The molecule has 0 bridgehead atoms. The maximum atomic E-state index is 6.37. The number of nitrogens with zero attached hydrogens (tertiary/aromatic N) is 4. The molecule has 114 valence electrons. The third-order valence-electron chi connectivity index (χ3n) is 5.12. The minimum atomic E-state index is 0.553. The highest BCUT2D eigenvalue weighted by molar-refractivity contribution is 6.30. The topological polar surface area (TPSA) is 32.3 Å². The summed E-state index contributed by atoms with van der Waals surface area (Å²) in [7, 11) is 0. The number of halogens is 1. The molecule has 4 nitrogen and oxygen atoms in total. The summed E-state index contributed by atoms with van der Waals surface area (Å²) in [5, 5.41) is 0.648. The number of aromatic nitrogens is 2. The van der Waals surface area contributed by atoms with Crippen LogP contribution in [0.5, 0.6) is 0 Å². The molecule has 0 N–H and O–H groups in total. The van der Waals surface area contributed by atoms with E-state index in [4.69, 9.17) is 16.6 Å². The first-order valence-corrected chi connectivity index (χ1v) is 8.63. The van der Waals surface area contributed by atoms with Crippen LogP contribution >= 0.6 is 11.6 Å². The van der Waals surface area contributed by atoms with Crippen molar-refractivity contribution in [2.24, 2.45) is 0 Å². The lowest BCUT2D eigenvalue weighted by atomic mass is 10.2. The fourth-order valence-corrected chi connectivity index (χ4v) is 3.90. The van der Waals surface area contributed by atoms with E-state index in [1.54, 1.807) is 0 Å². The third kappa shape index (κ3) is 2.64. The van der Waals surface area contributed by atoms with Gasteiger partial charge in [0, 0.05) is 37.2 Å². The van der Waals surface area contributed by atoms with Crippen molar-refractivity contribution >= 4 is 17.4 Å². The molecule has 3 aliphatic rings. The Labute approximate surface area is 131 Å². The number of rotatable bonds is 2. The van der Waals surface area contributed by atoms with Crippen molar-refractivity contribution in [3.8, 4) is 0 Å². The largest absolute Gasteiger partial charge is 0.355 e. The summed E-state index contributed by atoms with van der Waals surface area (Å²) in [4.78, 5) is 14.5. The number of fused-ring (bicyclic) bond motifs is 1. The molecular formula is C16H23ClN4. The zero-order valence-electron chi connectivity index (χ0n) is 12.7. The molecule has 1 aliphatic carbocycles. The highest BCUT2D eigenvalue weighted by Crippen LogP contribution is 2.40. The molecule has 1 unspecified atom stereocenters. The molecule has 21 heavy (non-hydrogen) atoms. The average Bonchev–Trinajstić information content (AvgIpc) is 3.26. The summed E-state index contributed by atoms with van der Waals surface area (Å²) >= 11 is 6.37. The summed E-state index contributed by atoms with van der Waals surface area (Å²) in [5.74, 6) is 2.61. The molecule has 1 aromatic rings. The van der Waals surface area contributed by atoms with Crippen molar-refractivity contribution in [2.75, 3.05) is 31.1 Å². The van der Waals surface area contributed by atoms with Crippen LogP contribution in [-0.4, -0.2) is 47.1 Å². The molecule has 3 fully saturated rings. The van der Waals surface area contributed by atoms with Crippen LogP contribution < -0.4 is 4.90 Å². The lowest BCUT2D eigenvalue weighted by molar-refractivity contribution is 0.273. The second-order valence-corrected chi connectivity index (χ2v) is 7.09. The van der Waals surface area contributed by atoms with Crippen LogP contribution in [-0.2, 0) is 0 Å². The van der Waals surface area contributed by atoms with E-state index >= 15 is 0 Å². The quantitative estimate of drug-likeness (QED) is 0.786.